The van der Waals surface area contributed by atoms with E-state index >= 15 is 0 Å². The van der Waals surface area contributed by atoms with Crippen molar-refractivity contribution in [3.05, 3.63) is 59.5 Å². The predicted octanol–water partition coefficient (Wildman–Crippen LogP) is 4.83. The minimum Gasteiger partial charge on any atom is -0.506 e. The molecule has 2 aromatic rings. The average Bonchev–Trinajstić information content (AvgIpc) is 2.46. The Hall–Kier alpha value is -0.830. The number of phenols is 1. The molecule has 22 heavy (non-hydrogen) atoms. The van der Waals surface area contributed by atoms with Crippen molar-refractivity contribution in [2.45, 2.75) is 0 Å². The van der Waals surface area contributed by atoms with Crippen molar-refractivity contribution in [2.24, 2.45) is 5.10 Å². The molecular formula is C14H8BrCl2IN2O2. The van der Waals surface area contributed by atoms with Crippen molar-refractivity contribution < 1.29 is 9.90 Å². The molecule has 0 aliphatic rings. The fourth-order valence-electron chi connectivity index (χ4n) is 1.58. The molecule has 0 aliphatic carbocycles. The SMILES string of the molecule is O=C(NN=Cc1cc(Cl)cc(Cl)c1O)c1cc(I)ccc1Br. The summed E-state index contributed by atoms with van der Waals surface area (Å²) in [5.41, 5.74) is 3.14. The van der Waals surface area contributed by atoms with Gasteiger partial charge < -0.3 is 5.11 Å². The van der Waals surface area contributed by atoms with Crippen LogP contribution in [0.15, 0.2) is 39.9 Å². The summed E-state index contributed by atoms with van der Waals surface area (Å²) < 4.78 is 1.59. The Morgan fingerprint density at radius 2 is 2.05 bits per heavy atom. The van der Waals surface area contributed by atoms with Gasteiger partial charge >= 0.3 is 0 Å². The van der Waals surface area contributed by atoms with Gasteiger partial charge in [-0.15, -0.1) is 0 Å². The molecule has 0 unspecified atom stereocenters. The Balaban J connectivity index is 2.16. The largest absolute Gasteiger partial charge is 0.506 e. The van der Waals surface area contributed by atoms with Gasteiger partial charge in [-0.3, -0.25) is 4.79 Å². The van der Waals surface area contributed by atoms with Gasteiger partial charge in [0.05, 0.1) is 16.8 Å². The number of nitrogens with one attached hydrogen (secondary N) is 1. The summed E-state index contributed by atoms with van der Waals surface area (Å²) in [4.78, 5) is 12.1. The molecule has 0 saturated carbocycles. The van der Waals surface area contributed by atoms with Gasteiger partial charge in [-0.05, 0) is 68.9 Å². The van der Waals surface area contributed by atoms with Gasteiger partial charge in [0.1, 0.15) is 5.75 Å². The summed E-state index contributed by atoms with van der Waals surface area (Å²) >= 11 is 17.1. The summed E-state index contributed by atoms with van der Waals surface area (Å²) in [7, 11) is 0. The topological polar surface area (TPSA) is 61.7 Å². The minimum atomic E-state index is -0.380. The first-order valence-corrected chi connectivity index (χ1v) is 8.47. The number of amides is 1. The Bertz CT molecular complexity index is 769. The fraction of sp³-hybridized carbons (Fsp3) is 0. The first-order chi connectivity index (χ1) is 10.4. The van der Waals surface area contributed by atoms with Crippen LogP contribution >= 0.6 is 61.7 Å². The van der Waals surface area contributed by atoms with Gasteiger partial charge in [0.25, 0.3) is 5.91 Å². The molecule has 1 amide bonds. The van der Waals surface area contributed by atoms with E-state index in [2.05, 4.69) is 49.0 Å². The van der Waals surface area contributed by atoms with Gasteiger partial charge in [0.2, 0.25) is 0 Å². The molecule has 0 saturated heterocycles. The number of phenolic OH excluding ortho intramolecular Hbond substituents is 1. The third-order valence-corrected chi connectivity index (χ3v) is 4.47. The second-order valence-electron chi connectivity index (χ2n) is 4.15. The zero-order chi connectivity index (χ0) is 16.3. The monoisotopic (exact) mass is 512 g/mol. The molecule has 0 aromatic heterocycles. The van der Waals surface area contributed by atoms with Crippen LogP contribution in [-0.4, -0.2) is 17.2 Å². The van der Waals surface area contributed by atoms with Gasteiger partial charge in [0.15, 0.2) is 0 Å². The van der Waals surface area contributed by atoms with Crippen molar-refractivity contribution in [3.8, 4) is 5.75 Å². The molecule has 0 atom stereocenters. The molecule has 0 spiro atoms. The van der Waals surface area contributed by atoms with Gasteiger partial charge in [-0.25, -0.2) is 5.43 Å². The number of hydrazone groups is 1. The number of hydrogen-bond acceptors (Lipinski definition) is 3. The molecule has 8 heteroatoms. The fourth-order valence-corrected chi connectivity index (χ4v) is 3.00. The van der Waals surface area contributed by atoms with E-state index < -0.39 is 0 Å². The van der Waals surface area contributed by atoms with Crippen LogP contribution in [0.5, 0.6) is 5.75 Å². The molecule has 114 valence electrons. The number of halogens is 4. The number of rotatable bonds is 3. The molecule has 0 bridgehead atoms. The molecule has 2 rings (SSSR count). The van der Waals surface area contributed by atoms with Gasteiger partial charge in [-0.1, -0.05) is 23.2 Å². The van der Waals surface area contributed by atoms with Crippen LogP contribution < -0.4 is 5.43 Å². The van der Waals surface area contributed by atoms with Crippen molar-refractivity contribution in [1.29, 1.82) is 0 Å². The zero-order valence-electron chi connectivity index (χ0n) is 10.8. The maximum atomic E-state index is 12.1. The van der Waals surface area contributed by atoms with Crippen LogP contribution in [0.3, 0.4) is 0 Å². The molecule has 0 fully saturated rings. The molecule has 0 heterocycles. The number of carbonyl (C=O) groups is 1. The zero-order valence-corrected chi connectivity index (χ0v) is 16.0. The third kappa shape index (κ3) is 4.34. The lowest BCUT2D eigenvalue weighted by molar-refractivity contribution is 0.0954. The molecule has 2 N–H and O–H groups in total. The highest BCUT2D eigenvalue weighted by Gasteiger charge is 2.10. The maximum absolute atomic E-state index is 12.1. The average molecular weight is 514 g/mol. The lowest BCUT2D eigenvalue weighted by Crippen LogP contribution is -2.18. The summed E-state index contributed by atoms with van der Waals surface area (Å²) in [6, 6.07) is 8.28. The number of benzene rings is 2. The summed E-state index contributed by atoms with van der Waals surface area (Å²) in [6.45, 7) is 0. The van der Waals surface area contributed by atoms with Crippen molar-refractivity contribution in [3.63, 3.8) is 0 Å². The molecule has 2 aromatic carbocycles. The molecule has 4 nitrogen and oxygen atoms in total. The van der Waals surface area contributed by atoms with E-state index in [9.17, 15) is 9.90 Å². The van der Waals surface area contributed by atoms with E-state index in [-0.39, 0.29) is 16.7 Å². The van der Waals surface area contributed by atoms with Crippen LogP contribution in [0.25, 0.3) is 0 Å². The number of aromatic hydroxyl groups is 1. The van der Waals surface area contributed by atoms with Crippen LogP contribution in [0.2, 0.25) is 10.0 Å². The number of nitrogens with zero attached hydrogens (tertiary/aromatic N) is 1. The van der Waals surface area contributed by atoms with Gasteiger partial charge in [-0.2, -0.15) is 5.10 Å². The number of hydrogen-bond donors (Lipinski definition) is 2. The van der Waals surface area contributed by atoms with E-state index in [4.69, 9.17) is 23.2 Å². The van der Waals surface area contributed by atoms with Crippen LogP contribution in [0, 0.1) is 3.57 Å². The third-order valence-electron chi connectivity index (χ3n) is 2.60. The first kappa shape index (κ1) is 17.5. The Morgan fingerprint density at radius 3 is 2.77 bits per heavy atom. The Labute approximate surface area is 158 Å². The highest BCUT2D eigenvalue weighted by Crippen LogP contribution is 2.29. The van der Waals surface area contributed by atoms with E-state index in [0.29, 0.717) is 20.6 Å². The van der Waals surface area contributed by atoms with Crippen LogP contribution in [0.1, 0.15) is 15.9 Å². The Morgan fingerprint density at radius 1 is 1.32 bits per heavy atom. The van der Waals surface area contributed by atoms with E-state index in [1.807, 2.05) is 6.07 Å². The standard InChI is InChI=1S/C14H8BrCl2IN2O2/c15-11-2-1-9(18)5-10(11)14(22)20-19-6-7-3-8(16)4-12(17)13(7)21/h1-6,21H,(H,20,22). The highest BCUT2D eigenvalue weighted by atomic mass is 127. The molecular weight excluding hydrogens is 506 g/mol. The van der Waals surface area contributed by atoms with Crippen molar-refractivity contribution >= 4 is 73.8 Å². The van der Waals surface area contributed by atoms with E-state index in [0.717, 1.165) is 3.57 Å². The number of carbonyl (C=O) groups excluding carboxylic acids is 1. The summed E-state index contributed by atoms with van der Waals surface area (Å²) in [6.07, 6.45) is 1.27. The summed E-state index contributed by atoms with van der Waals surface area (Å²) in [5, 5.41) is 14.1. The minimum absolute atomic E-state index is 0.112. The second-order valence-corrected chi connectivity index (χ2v) is 7.09. The predicted molar refractivity (Wildman–Crippen MR) is 100 cm³/mol. The van der Waals surface area contributed by atoms with E-state index in [1.54, 1.807) is 12.1 Å². The van der Waals surface area contributed by atoms with Crippen LogP contribution in [-0.2, 0) is 0 Å². The van der Waals surface area contributed by atoms with Gasteiger partial charge in [0, 0.05) is 18.6 Å². The lowest BCUT2D eigenvalue weighted by Gasteiger charge is -2.04. The second kappa shape index (κ2) is 7.63. The van der Waals surface area contributed by atoms with Crippen molar-refractivity contribution in [2.75, 3.05) is 0 Å². The normalized spacial score (nSPS) is 10.9. The quantitative estimate of drug-likeness (QED) is 0.351. The van der Waals surface area contributed by atoms with Crippen LogP contribution in [0.4, 0.5) is 0 Å². The first-order valence-electron chi connectivity index (χ1n) is 5.85. The molecule has 0 radical (unpaired) electrons. The summed E-state index contributed by atoms with van der Waals surface area (Å²) in [5.74, 6) is -0.534. The smallest absolute Gasteiger partial charge is 0.272 e. The Kier molecular flexibility index (Phi) is 6.08. The highest BCUT2D eigenvalue weighted by molar-refractivity contribution is 14.1. The van der Waals surface area contributed by atoms with E-state index in [1.165, 1.54) is 18.3 Å². The molecule has 0 aliphatic heterocycles. The maximum Gasteiger partial charge on any atom is 0.272 e. The lowest BCUT2D eigenvalue weighted by atomic mass is 10.2. The van der Waals surface area contributed by atoms with Crippen molar-refractivity contribution in [1.82, 2.24) is 5.43 Å².